The van der Waals surface area contributed by atoms with Gasteiger partial charge in [0.25, 0.3) is 10.0 Å². The molecule has 2 N–H and O–H groups in total. The second-order valence-electron chi connectivity index (χ2n) is 4.33. The number of pyridine rings is 1. The third-order valence-electron chi connectivity index (χ3n) is 3.00. The number of nitrogens with two attached hydrogens (primary N) is 1. The minimum atomic E-state index is -3.91. The Balaban J connectivity index is 2.47. The average Bonchev–Trinajstić information content (AvgIpc) is 2.50. The molecule has 0 saturated heterocycles. The van der Waals surface area contributed by atoms with Crippen molar-refractivity contribution in [1.29, 1.82) is 0 Å². The van der Waals surface area contributed by atoms with Crippen LogP contribution in [0, 0.1) is 5.82 Å². The topological polar surface area (TPSA) is 76.3 Å². The van der Waals surface area contributed by atoms with E-state index < -0.39 is 15.8 Å². The number of anilines is 1. The van der Waals surface area contributed by atoms with Gasteiger partial charge in [-0.1, -0.05) is 18.2 Å². The first-order chi connectivity index (χ1) is 10.0. The molecular weight excluding hydrogens is 293 g/mol. The molecule has 21 heavy (non-hydrogen) atoms. The smallest absolute Gasteiger partial charge is 0.281 e. The monoisotopic (exact) mass is 309 g/mol. The minimum Gasteiger partial charge on any atom is -0.326 e. The fourth-order valence-corrected chi connectivity index (χ4v) is 3.32. The first kappa shape index (κ1) is 15.4. The fourth-order valence-electron chi connectivity index (χ4n) is 1.92. The zero-order valence-electron chi connectivity index (χ0n) is 11.5. The maximum absolute atomic E-state index is 13.8. The van der Waals surface area contributed by atoms with E-state index in [0.29, 0.717) is 0 Å². The molecule has 0 bridgehead atoms. The predicted octanol–water partition coefficient (Wildman–Crippen LogP) is 1.89. The van der Waals surface area contributed by atoms with Crippen LogP contribution in [0.5, 0.6) is 0 Å². The van der Waals surface area contributed by atoms with Crippen LogP contribution in [-0.4, -0.2) is 19.9 Å². The highest BCUT2D eigenvalue weighted by atomic mass is 32.2. The van der Waals surface area contributed by atoms with Crippen LogP contribution >= 0.6 is 0 Å². The Hall–Kier alpha value is -1.99. The summed E-state index contributed by atoms with van der Waals surface area (Å²) in [5.41, 5.74) is 6.19. The summed E-state index contributed by atoms with van der Waals surface area (Å²) < 4.78 is 40.0. The zero-order valence-corrected chi connectivity index (χ0v) is 12.3. The van der Waals surface area contributed by atoms with E-state index in [-0.39, 0.29) is 23.8 Å². The van der Waals surface area contributed by atoms with Gasteiger partial charge in [0.2, 0.25) is 0 Å². The first-order valence-corrected chi connectivity index (χ1v) is 7.87. The number of aromatic nitrogens is 1. The normalized spacial score (nSPS) is 11.4. The van der Waals surface area contributed by atoms with Gasteiger partial charge >= 0.3 is 0 Å². The van der Waals surface area contributed by atoms with Gasteiger partial charge in [-0.2, -0.15) is 8.42 Å². The van der Waals surface area contributed by atoms with Crippen LogP contribution < -0.4 is 10.0 Å². The van der Waals surface area contributed by atoms with Crippen LogP contribution in [0.1, 0.15) is 12.5 Å². The highest BCUT2D eigenvalue weighted by Gasteiger charge is 2.26. The van der Waals surface area contributed by atoms with Crippen molar-refractivity contribution >= 4 is 15.7 Å². The van der Waals surface area contributed by atoms with E-state index in [4.69, 9.17) is 5.73 Å². The van der Waals surface area contributed by atoms with Crippen LogP contribution in [0.3, 0.4) is 0 Å². The van der Waals surface area contributed by atoms with Gasteiger partial charge < -0.3 is 5.73 Å². The molecule has 5 nitrogen and oxygen atoms in total. The lowest BCUT2D eigenvalue weighted by atomic mass is 10.3. The molecule has 0 fully saturated rings. The molecule has 0 aliphatic carbocycles. The SMILES string of the molecule is CCN(c1ccccc1F)S(=O)(=O)c1ccc(CN)cn1. The lowest BCUT2D eigenvalue weighted by molar-refractivity contribution is 0.583. The number of rotatable bonds is 5. The quantitative estimate of drug-likeness (QED) is 0.915. The molecule has 2 aromatic rings. The van der Waals surface area contributed by atoms with Crippen molar-refractivity contribution in [3.05, 3.63) is 54.0 Å². The van der Waals surface area contributed by atoms with Crippen molar-refractivity contribution in [3.8, 4) is 0 Å². The number of para-hydroxylation sites is 1. The third-order valence-corrected chi connectivity index (χ3v) is 4.80. The van der Waals surface area contributed by atoms with Gasteiger partial charge in [0, 0.05) is 19.3 Å². The lowest BCUT2D eigenvalue weighted by Gasteiger charge is -2.22. The van der Waals surface area contributed by atoms with Crippen LogP contribution in [0.2, 0.25) is 0 Å². The van der Waals surface area contributed by atoms with Crippen LogP contribution in [0.25, 0.3) is 0 Å². The number of sulfonamides is 1. The summed E-state index contributed by atoms with van der Waals surface area (Å²) in [6.07, 6.45) is 1.40. The van der Waals surface area contributed by atoms with Gasteiger partial charge in [-0.25, -0.2) is 9.37 Å². The summed E-state index contributed by atoms with van der Waals surface area (Å²) in [5, 5.41) is -0.134. The largest absolute Gasteiger partial charge is 0.326 e. The summed E-state index contributed by atoms with van der Waals surface area (Å²) in [6.45, 7) is 2.01. The molecule has 7 heteroatoms. The molecule has 0 saturated carbocycles. The number of benzene rings is 1. The van der Waals surface area contributed by atoms with Gasteiger partial charge in [0.1, 0.15) is 5.82 Å². The Kier molecular flexibility index (Phi) is 4.54. The molecule has 0 atom stereocenters. The summed E-state index contributed by atoms with van der Waals surface area (Å²) in [5.74, 6) is -0.596. The summed E-state index contributed by atoms with van der Waals surface area (Å²) in [7, 11) is -3.91. The average molecular weight is 309 g/mol. The highest BCUT2D eigenvalue weighted by molar-refractivity contribution is 7.92. The van der Waals surface area contributed by atoms with Crippen molar-refractivity contribution in [2.24, 2.45) is 5.73 Å². The number of nitrogens with zero attached hydrogens (tertiary/aromatic N) is 2. The van der Waals surface area contributed by atoms with Crippen molar-refractivity contribution in [2.45, 2.75) is 18.5 Å². The van der Waals surface area contributed by atoms with E-state index >= 15 is 0 Å². The molecule has 0 amide bonds. The minimum absolute atomic E-state index is 0.00435. The third kappa shape index (κ3) is 3.03. The van der Waals surface area contributed by atoms with Gasteiger partial charge in [-0.15, -0.1) is 0 Å². The molecule has 0 unspecified atom stereocenters. The maximum atomic E-state index is 13.8. The van der Waals surface area contributed by atoms with E-state index in [9.17, 15) is 12.8 Å². The second-order valence-corrected chi connectivity index (χ2v) is 6.14. The Bertz CT molecular complexity index is 717. The standard InChI is InChI=1S/C14H16FN3O2S/c1-2-18(13-6-4-3-5-12(13)15)21(19,20)14-8-7-11(9-16)10-17-14/h3-8,10H,2,9,16H2,1H3. The predicted molar refractivity (Wildman–Crippen MR) is 78.7 cm³/mol. The summed E-state index contributed by atoms with van der Waals surface area (Å²) in [6, 6.07) is 8.70. The van der Waals surface area contributed by atoms with Crippen molar-refractivity contribution in [3.63, 3.8) is 0 Å². The van der Waals surface area contributed by atoms with Crippen LogP contribution in [0.15, 0.2) is 47.6 Å². The second kappa shape index (κ2) is 6.19. The Morgan fingerprint density at radius 3 is 2.48 bits per heavy atom. The molecule has 2 rings (SSSR count). The van der Waals surface area contributed by atoms with Gasteiger partial charge in [-0.3, -0.25) is 4.31 Å². The van der Waals surface area contributed by atoms with E-state index in [1.165, 1.54) is 30.5 Å². The van der Waals surface area contributed by atoms with Gasteiger partial charge in [-0.05, 0) is 30.7 Å². The number of hydrogen-bond acceptors (Lipinski definition) is 4. The lowest BCUT2D eigenvalue weighted by Crippen LogP contribution is -2.32. The zero-order chi connectivity index (χ0) is 15.5. The molecule has 0 aliphatic rings. The molecule has 1 aromatic carbocycles. The summed E-state index contributed by atoms with van der Waals surface area (Å²) >= 11 is 0. The molecule has 0 aliphatic heterocycles. The van der Waals surface area contributed by atoms with Crippen molar-refractivity contribution in [1.82, 2.24) is 4.98 Å². The molecule has 0 spiro atoms. The molecule has 1 aromatic heterocycles. The van der Waals surface area contributed by atoms with E-state index in [0.717, 1.165) is 9.87 Å². The number of hydrogen-bond donors (Lipinski definition) is 1. The van der Waals surface area contributed by atoms with E-state index in [1.54, 1.807) is 19.1 Å². The van der Waals surface area contributed by atoms with E-state index in [1.807, 2.05) is 0 Å². The van der Waals surface area contributed by atoms with Crippen LogP contribution in [-0.2, 0) is 16.6 Å². The highest BCUT2D eigenvalue weighted by Crippen LogP contribution is 2.25. The first-order valence-electron chi connectivity index (χ1n) is 6.43. The molecular formula is C14H16FN3O2S. The number of halogens is 1. The molecule has 112 valence electrons. The Labute approximate surface area is 123 Å². The van der Waals surface area contributed by atoms with Gasteiger partial charge in [0.15, 0.2) is 5.03 Å². The van der Waals surface area contributed by atoms with Crippen molar-refractivity contribution in [2.75, 3.05) is 10.8 Å². The van der Waals surface area contributed by atoms with E-state index in [2.05, 4.69) is 4.98 Å². The van der Waals surface area contributed by atoms with Gasteiger partial charge in [0.05, 0.1) is 5.69 Å². The summed E-state index contributed by atoms with van der Waals surface area (Å²) in [4.78, 5) is 3.91. The fraction of sp³-hybridized carbons (Fsp3) is 0.214. The Morgan fingerprint density at radius 2 is 1.95 bits per heavy atom. The molecule has 0 radical (unpaired) electrons. The van der Waals surface area contributed by atoms with Crippen molar-refractivity contribution < 1.29 is 12.8 Å². The maximum Gasteiger partial charge on any atom is 0.281 e. The molecule has 1 heterocycles. The van der Waals surface area contributed by atoms with Crippen LogP contribution in [0.4, 0.5) is 10.1 Å². The Morgan fingerprint density at radius 1 is 1.24 bits per heavy atom.